The zero-order valence-corrected chi connectivity index (χ0v) is 13.4. The lowest BCUT2D eigenvalue weighted by molar-refractivity contribution is -0.00469. The molecular weight excluding hydrogens is 267 g/mol. The molecule has 1 fully saturated rings. The van der Waals surface area contributed by atoms with E-state index in [-0.39, 0.29) is 17.5 Å². The minimum Gasteiger partial charge on any atom is -0.377 e. The van der Waals surface area contributed by atoms with Crippen LogP contribution in [0.15, 0.2) is 18.2 Å². The summed E-state index contributed by atoms with van der Waals surface area (Å²) in [7, 11) is 1.75. The van der Waals surface area contributed by atoms with Crippen molar-refractivity contribution in [3.05, 3.63) is 29.6 Å². The van der Waals surface area contributed by atoms with Gasteiger partial charge in [-0.25, -0.2) is 4.39 Å². The van der Waals surface area contributed by atoms with E-state index in [1.54, 1.807) is 13.2 Å². The molecule has 0 spiro atoms. The van der Waals surface area contributed by atoms with Gasteiger partial charge in [-0.1, -0.05) is 13.0 Å². The van der Waals surface area contributed by atoms with Crippen LogP contribution in [0.5, 0.6) is 0 Å². The molecule has 1 aromatic carbocycles. The molecule has 21 heavy (non-hydrogen) atoms. The number of piperidine rings is 1. The highest BCUT2D eigenvalue weighted by molar-refractivity contribution is 5.55. The molecule has 118 valence electrons. The molecule has 2 unspecified atom stereocenters. The average molecular weight is 294 g/mol. The fraction of sp³-hybridized carbons (Fsp3) is 0.647. The Morgan fingerprint density at radius 2 is 2.24 bits per heavy atom. The van der Waals surface area contributed by atoms with E-state index in [1.165, 1.54) is 6.07 Å². The number of halogens is 1. The maximum absolute atomic E-state index is 14.3. The van der Waals surface area contributed by atoms with Crippen molar-refractivity contribution in [2.45, 2.75) is 51.2 Å². The van der Waals surface area contributed by atoms with Crippen LogP contribution in [-0.4, -0.2) is 31.8 Å². The molecule has 2 N–H and O–H groups in total. The van der Waals surface area contributed by atoms with Crippen LogP contribution in [0.3, 0.4) is 0 Å². The van der Waals surface area contributed by atoms with Crippen molar-refractivity contribution < 1.29 is 9.13 Å². The molecule has 0 radical (unpaired) electrons. The number of nitrogens with zero attached hydrogens (tertiary/aromatic N) is 1. The SMILES string of the molecule is CCC(N)Cc1c(F)cccc1N1CCCC(C)(OC)C1. The fourth-order valence-electron chi connectivity index (χ4n) is 3.03. The lowest BCUT2D eigenvalue weighted by Gasteiger charge is -2.41. The molecule has 0 aliphatic carbocycles. The zero-order valence-electron chi connectivity index (χ0n) is 13.4. The second-order valence-electron chi connectivity index (χ2n) is 6.29. The van der Waals surface area contributed by atoms with Crippen LogP contribution in [0.25, 0.3) is 0 Å². The number of benzene rings is 1. The van der Waals surface area contributed by atoms with Gasteiger partial charge in [-0.15, -0.1) is 0 Å². The number of anilines is 1. The zero-order chi connectivity index (χ0) is 15.5. The van der Waals surface area contributed by atoms with Crippen molar-refractivity contribution in [1.29, 1.82) is 0 Å². The van der Waals surface area contributed by atoms with Gasteiger partial charge in [0.25, 0.3) is 0 Å². The van der Waals surface area contributed by atoms with E-state index < -0.39 is 0 Å². The molecule has 3 nitrogen and oxygen atoms in total. The minimum atomic E-state index is -0.158. The normalized spacial score (nSPS) is 24.1. The van der Waals surface area contributed by atoms with Crippen LogP contribution in [0, 0.1) is 5.82 Å². The van der Waals surface area contributed by atoms with Crippen LogP contribution in [0.1, 0.15) is 38.7 Å². The standard InChI is InChI=1S/C17H27FN2O/c1-4-13(19)11-14-15(18)7-5-8-16(14)20-10-6-9-17(2,12-20)21-3/h5,7-8,13H,4,6,9-12,19H2,1-3H3. The molecule has 2 atom stereocenters. The topological polar surface area (TPSA) is 38.5 Å². The first kappa shape index (κ1) is 16.2. The fourth-order valence-corrected chi connectivity index (χ4v) is 3.03. The Kier molecular flexibility index (Phi) is 5.22. The molecular formula is C17H27FN2O. The van der Waals surface area contributed by atoms with Crippen molar-refractivity contribution >= 4 is 5.69 Å². The first-order chi connectivity index (χ1) is 9.99. The summed E-state index contributed by atoms with van der Waals surface area (Å²) in [5, 5.41) is 0. The summed E-state index contributed by atoms with van der Waals surface area (Å²) in [5.74, 6) is -0.152. The van der Waals surface area contributed by atoms with Gasteiger partial charge >= 0.3 is 0 Å². The number of rotatable bonds is 5. The summed E-state index contributed by atoms with van der Waals surface area (Å²) in [4.78, 5) is 2.24. The maximum Gasteiger partial charge on any atom is 0.128 e. The Morgan fingerprint density at radius 3 is 2.90 bits per heavy atom. The summed E-state index contributed by atoms with van der Waals surface area (Å²) in [5.41, 5.74) is 7.60. The quantitative estimate of drug-likeness (QED) is 0.907. The third-order valence-electron chi connectivity index (χ3n) is 4.58. The molecule has 0 saturated carbocycles. The predicted molar refractivity (Wildman–Crippen MR) is 85.2 cm³/mol. The Morgan fingerprint density at radius 1 is 1.48 bits per heavy atom. The number of hydrogen-bond donors (Lipinski definition) is 1. The maximum atomic E-state index is 14.3. The lowest BCUT2D eigenvalue weighted by atomic mass is 9.93. The second kappa shape index (κ2) is 6.75. The largest absolute Gasteiger partial charge is 0.377 e. The van der Waals surface area contributed by atoms with Gasteiger partial charge in [-0.3, -0.25) is 0 Å². The Balaban J connectivity index is 2.28. The van der Waals surface area contributed by atoms with E-state index in [2.05, 4.69) is 11.8 Å². The van der Waals surface area contributed by atoms with Gasteiger partial charge < -0.3 is 15.4 Å². The summed E-state index contributed by atoms with van der Waals surface area (Å²) in [6, 6.07) is 5.31. The smallest absolute Gasteiger partial charge is 0.128 e. The molecule has 0 amide bonds. The summed E-state index contributed by atoms with van der Waals surface area (Å²) in [6.45, 7) is 5.89. The van der Waals surface area contributed by atoms with Gasteiger partial charge in [0.05, 0.1) is 5.60 Å². The van der Waals surface area contributed by atoms with Crippen molar-refractivity contribution in [3.63, 3.8) is 0 Å². The van der Waals surface area contributed by atoms with Gasteiger partial charge in [0, 0.05) is 37.5 Å². The van der Waals surface area contributed by atoms with Crippen LogP contribution in [-0.2, 0) is 11.2 Å². The van der Waals surface area contributed by atoms with E-state index in [4.69, 9.17) is 10.5 Å². The van der Waals surface area contributed by atoms with E-state index in [9.17, 15) is 4.39 Å². The number of ether oxygens (including phenoxy) is 1. The van der Waals surface area contributed by atoms with E-state index in [0.717, 1.165) is 43.6 Å². The molecule has 1 aromatic rings. The lowest BCUT2D eigenvalue weighted by Crippen LogP contribution is -2.47. The Labute approximate surface area is 127 Å². The van der Waals surface area contributed by atoms with E-state index >= 15 is 0 Å². The van der Waals surface area contributed by atoms with Crippen LogP contribution in [0.2, 0.25) is 0 Å². The van der Waals surface area contributed by atoms with Gasteiger partial charge in [0.2, 0.25) is 0 Å². The van der Waals surface area contributed by atoms with Gasteiger partial charge in [0.1, 0.15) is 5.82 Å². The van der Waals surface area contributed by atoms with Crippen LogP contribution >= 0.6 is 0 Å². The van der Waals surface area contributed by atoms with Gasteiger partial charge in [-0.05, 0) is 44.7 Å². The molecule has 2 rings (SSSR count). The first-order valence-electron chi connectivity index (χ1n) is 7.82. The number of nitrogens with two attached hydrogens (primary N) is 1. The molecule has 1 heterocycles. The monoisotopic (exact) mass is 294 g/mol. The predicted octanol–water partition coefficient (Wildman–Crippen LogP) is 3.11. The van der Waals surface area contributed by atoms with E-state index in [0.29, 0.717) is 6.42 Å². The second-order valence-corrected chi connectivity index (χ2v) is 6.29. The third kappa shape index (κ3) is 3.74. The number of hydrogen-bond acceptors (Lipinski definition) is 3. The highest BCUT2D eigenvalue weighted by atomic mass is 19.1. The summed E-state index contributed by atoms with van der Waals surface area (Å²) < 4.78 is 19.9. The van der Waals surface area contributed by atoms with Crippen molar-refractivity contribution in [2.24, 2.45) is 5.73 Å². The third-order valence-corrected chi connectivity index (χ3v) is 4.58. The van der Waals surface area contributed by atoms with Crippen molar-refractivity contribution in [3.8, 4) is 0 Å². The van der Waals surface area contributed by atoms with Crippen molar-refractivity contribution in [2.75, 3.05) is 25.1 Å². The molecule has 1 aliphatic rings. The summed E-state index contributed by atoms with van der Waals surface area (Å²) >= 11 is 0. The Bertz CT molecular complexity index is 480. The van der Waals surface area contributed by atoms with E-state index in [1.807, 2.05) is 13.0 Å². The average Bonchev–Trinajstić information content (AvgIpc) is 2.49. The number of methoxy groups -OCH3 is 1. The molecule has 0 bridgehead atoms. The highest BCUT2D eigenvalue weighted by Gasteiger charge is 2.32. The Hall–Kier alpha value is -1.13. The van der Waals surface area contributed by atoms with Gasteiger partial charge in [0.15, 0.2) is 0 Å². The van der Waals surface area contributed by atoms with Gasteiger partial charge in [-0.2, -0.15) is 0 Å². The summed E-state index contributed by atoms with van der Waals surface area (Å²) in [6.07, 6.45) is 3.53. The molecule has 4 heteroatoms. The first-order valence-corrected chi connectivity index (χ1v) is 7.82. The van der Waals surface area contributed by atoms with Crippen LogP contribution in [0.4, 0.5) is 10.1 Å². The minimum absolute atomic E-state index is 0.000695. The van der Waals surface area contributed by atoms with Crippen LogP contribution < -0.4 is 10.6 Å². The van der Waals surface area contributed by atoms with Crippen molar-refractivity contribution in [1.82, 2.24) is 0 Å². The highest BCUT2D eigenvalue weighted by Crippen LogP contribution is 2.31. The molecule has 1 saturated heterocycles. The molecule has 0 aromatic heterocycles. The molecule has 1 aliphatic heterocycles.